The molecular weight excluding hydrogens is 242 g/mol. The average molecular weight is 259 g/mol. The first-order chi connectivity index (χ1) is 8.89. The minimum atomic E-state index is -0.877. The number of fused-ring (bicyclic) bond motifs is 1. The molecule has 2 aromatic rings. The van der Waals surface area contributed by atoms with Gasteiger partial charge in [-0.1, -0.05) is 12.1 Å². The number of benzene rings is 1. The topological polar surface area (TPSA) is 66.3 Å². The van der Waals surface area contributed by atoms with Crippen molar-refractivity contribution in [3.05, 3.63) is 30.6 Å². The van der Waals surface area contributed by atoms with Gasteiger partial charge in [0, 0.05) is 10.9 Å². The fourth-order valence-corrected chi connectivity index (χ4v) is 1.97. The lowest BCUT2D eigenvalue weighted by atomic mass is 10.0. The monoisotopic (exact) mass is 259 g/mol. The second kappa shape index (κ2) is 4.84. The van der Waals surface area contributed by atoms with Gasteiger partial charge in [-0.2, -0.15) is 0 Å². The van der Waals surface area contributed by atoms with Crippen molar-refractivity contribution >= 4 is 22.7 Å². The molecule has 0 unspecified atom stereocenters. The number of anilines is 1. The molecule has 0 saturated heterocycles. The summed E-state index contributed by atoms with van der Waals surface area (Å²) < 4.78 is 0. The average Bonchev–Trinajstić information content (AvgIpc) is 2.34. The Balaban J connectivity index is 2.59. The Hall–Kier alpha value is -2.17. The van der Waals surface area contributed by atoms with Crippen molar-refractivity contribution in [1.29, 1.82) is 0 Å². The van der Waals surface area contributed by atoms with E-state index in [0.717, 1.165) is 10.9 Å². The molecule has 2 rings (SSSR count). The molecule has 1 heterocycles. The van der Waals surface area contributed by atoms with E-state index in [1.54, 1.807) is 4.90 Å². The van der Waals surface area contributed by atoms with Crippen molar-refractivity contribution in [1.82, 2.24) is 9.97 Å². The Morgan fingerprint density at radius 1 is 1.26 bits per heavy atom. The highest BCUT2D eigenvalue weighted by atomic mass is 16.4. The van der Waals surface area contributed by atoms with Crippen molar-refractivity contribution in [2.24, 2.45) is 0 Å². The molecule has 0 aliphatic carbocycles. The number of rotatable bonds is 3. The summed E-state index contributed by atoms with van der Waals surface area (Å²) in [6, 6.07) is 7.60. The quantitative estimate of drug-likeness (QED) is 0.916. The van der Waals surface area contributed by atoms with Crippen LogP contribution in [0.5, 0.6) is 0 Å². The van der Waals surface area contributed by atoms with Crippen molar-refractivity contribution < 1.29 is 9.90 Å². The molecule has 0 aliphatic rings. The van der Waals surface area contributed by atoms with Gasteiger partial charge < -0.3 is 10.0 Å². The number of carbonyl (C=O) groups is 1. The first kappa shape index (κ1) is 13.3. The molecule has 100 valence electrons. The fraction of sp³-hybridized carbons (Fsp3) is 0.357. The van der Waals surface area contributed by atoms with Crippen LogP contribution in [0.2, 0.25) is 0 Å². The van der Waals surface area contributed by atoms with Gasteiger partial charge in [0.1, 0.15) is 18.7 Å². The van der Waals surface area contributed by atoms with Gasteiger partial charge in [-0.3, -0.25) is 4.79 Å². The highest BCUT2D eigenvalue weighted by molar-refractivity contribution is 5.90. The molecule has 1 N–H and O–H groups in total. The second-order valence-electron chi connectivity index (χ2n) is 5.37. The molecular formula is C14H17N3O2. The van der Waals surface area contributed by atoms with Gasteiger partial charge in [0.25, 0.3) is 0 Å². The number of hydrogen-bond donors (Lipinski definition) is 1. The van der Waals surface area contributed by atoms with Crippen LogP contribution in [-0.4, -0.2) is 33.1 Å². The second-order valence-corrected chi connectivity index (χ2v) is 5.37. The molecule has 5 heteroatoms. The van der Waals surface area contributed by atoms with E-state index in [1.165, 1.54) is 6.33 Å². The molecule has 0 spiro atoms. The summed E-state index contributed by atoms with van der Waals surface area (Å²) in [5.74, 6) is -0.224. The first-order valence-corrected chi connectivity index (χ1v) is 6.09. The van der Waals surface area contributed by atoms with Crippen LogP contribution in [0.4, 0.5) is 5.82 Å². The SMILES string of the molecule is CC(C)(C)N(CC(=O)O)c1ncnc2ccccc12. The summed E-state index contributed by atoms with van der Waals surface area (Å²) in [6.45, 7) is 5.80. The largest absolute Gasteiger partial charge is 0.480 e. The Morgan fingerprint density at radius 2 is 1.95 bits per heavy atom. The summed E-state index contributed by atoms with van der Waals surface area (Å²) in [5, 5.41) is 9.96. The van der Waals surface area contributed by atoms with Crippen molar-refractivity contribution in [2.75, 3.05) is 11.4 Å². The van der Waals surface area contributed by atoms with Crippen LogP contribution >= 0.6 is 0 Å². The molecule has 0 saturated carbocycles. The van der Waals surface area contributed by atoms with Crippen LogP contribution in [0.15, 0.2) is 30.6 Å². The fourth-order valence-electron chi connectivity index (χ4n) is 1.97. The summed E-state index contributed by atoms with van der Waals surface area (Å²) >= 11 is 0. The van der Waals surface area contributed by atoms with Gasteiger partial charge in [-0.25, -0.2) is 9.97 Å². The smallest absolute Gasteiger partial charge is 0.323 e. The number of para-hydroxylation sites is 1. The van der Waals surface area contributed by atoms with E-state index >= 15 is 0 Å². The van der Waals surface area contributed by atoms with E-state index < -0.39 is 5.97 Å². The number of hydrogen-bond acceptors (Lipinski definition) is 4. The maximum atomic E-state index is 11.1. The normalized spacial score (nSPS) is 11.5. The minimum absolute atomic E-state index is 0.0928. The van der Waals surface area contributed by atoms with Gasteiger partial charge in [-0.15, -0.1) is 0 Å². The Morgan fingerprint density at radius 3 is 2.58 bits per heavy atom. The molecule has 0 aliphatic heterocycles. The Bertz CT molecular complexity index is 600. The Kier molecular flexibility index (Phi) is 3.38. The van der Waals surface area contributed by atoms with Crippen molar-refractivity contribution in [2.45, 2.75) is 26.3 Å². The van der Waals surface area contributed by atoms with Gasteiger partial charge in [0.05, 0.1) is 5.52 Å². The zero-order valence-corrected chi connectivity index (χ0v) is 11.3. The van der Waals surface area contributed by atoms with Crippen molar-refractivity contribution in [3.8, 4) is 0 Å². The third-order valence-electron chi connectivity index (χ3n) is 2.88. The van der Waals surface area contributed by atoms with Crippen molar-refractivity contribution in [3.63, 3.8) is 0 Å². The molecule has 1 aromatic carbocycles. The number of carboxylic acids is 1. The lowest BCUT2D eigenvalue weighted by Gasteiger charge is -2.35. The maximum Gasteiger partial charge on any atom is 0.323 e. The molecule has 5 nitrogen and oxygen atoms in total. The van der Waals surface area contributed by atoms with Crippen LogP contribution in [0, 0.1) is 0 Å². The number of aromatic nitrogens is 2. The van der Waals surface area contributed by atoms with E-state index in [0.29, 0.717) is 5.82 Å². The minimum Gasteiger partial charge on any atom is -0.480 e. The molecule has 1 aromatic heterocycles. The summed E-state index contributed by atoms with van der Waals surface area (Å²) in [4.78, 5) is 21.3. The van der Waals surface area contributed by atoms with Crippen LogP contribution in [-0.2, 0) is 4.79 Å². The van der Waals surface area contributed by atoms with E-state index in [9.17, 15) is 4.79 Å². The Labute approximate surface area is 111 Å². The maximum absolute atomic E-state index is 11.1. The van der Waals surface area contributed by atoms with Crippen LogP contribution in [0.25, 0.3) is 10.9 Å². The molecule has 0 amide bonds. The summed E-state index contributed by atoms with van der Waals surface area (Å²) in [5.41, 5.74) is 0.474. The molecule has 19 heavy (non-hydrogen) atoms. The first-order valence-electron chi connectivity index (χ1n) is 6.09. The standard InChI is InChI=1S/C14H17N3O2/c1-14(2,3)17(8-12(18)19)13-10-6-4-5-7-11(10)15-9-16-13/h4-7,9H,8H2,1-3H3,(H,18,19). The summed E-state index contributed by atoms with van der Waals surface area (Å²) in [7, 11) is 0. The van der Waals surface area contributed by atoms with Gasteiger partial charge in [-0.05, 0) is 32.9 Å². The molecule has 0 radical (unpaired) electrons. The zero-order valence-electron chi connectivity index (χ0n) is 11.3. The predicted molar refractivity (Wildman–Crippen MR) is 74.3 cm³/mol. The van der Waals surface area contributed by atoms with Crippen LogP contribution in [0.3, 0.4) is 0 Å². The lowest BCUT2D eigenvalue weighted by Crippen LogP contribution is -2.45. The molecule has 0 fully saturated rings. The third-order valence-corrected chi connectivity index (χ3v) is 2.88. The highest BCUT2D eigenvalue weighted by Crippen LogP contribution is 2.27. The van der Waals surface area contributed by atoms with E-state index in [-0.39, 0.29) is 12.1 Å². The highest BCUT2D eigenvalue weighted by Gasteiger charge is 2.26. The number of aliphatic carboxylic acids is 1. The number of nitrogens with zero attached hydrogens (tertiary/aromatic N) is 3. The number of carboxylic acid groups (broad SMARTS) is 1. The van der Waals surface area contributed by atoms with Gasteiger partial charge in [0.15, 0.2) is 0 Å². The molecule has 0 atom stereocenters. The molecule has 0 bridgehead atoms. The van der Waals surface area contributed by atoms with E-state index in [2.05, 4.69) is 9.97 Å². The van der Waals surface area contributed by atoms with Crippen LogP contribution < -0.4 is 4.90 Å². The predicted octanol–water partition coefficient (Wildman–Crippen LogP) is 2.32. The van der Waals surface area contributed by atoms with E-state index in [1.807, 2.05) is 45.0 Å². The van der Waals surface area contributed by atoms with Crippen LogP contribution in [0.1, 0.15) is 20.8 Å². The van der Waals surface area contributed by atoms with E-state index in [4.69, 9.17) is 5.11 Å². The van der Waals surface area contributed by atoms with Gasteiger partial charge in [0.2, 0.25) is 0 Å². The zero-order chi connectivity index (χ0) is 14.0. The van der Waals surface area contributed by atoms with Gasteiger partial charge >= 0.3 is 5.97 Å². The lowest BCUT2D eigenvalue weighted by molar-refractivity contribution is -0.135. The third kappa shape index (κ3) is 2.81. The summed E-state index contributed by atoms with van der Waals surface area (Å²) in [6.07, 6.45) is 1.47.